The molecule has 212 valence electrons. The zero-order valence-electron chi connectivity index (χ0n) is 23.4. The van der Waals surface area contributed by atoms with E-state index in [1.54, 1.807) is 6.07 Å². The van der Waals surface area contributed by atoms with E-state index in [1.165, 1.54) is 12.5 Å². The molecule has 0 spiro atoms. The lowest BCUT2D eigenvalue weighted by atomic mass is 9.57. The third-order valence-electron chi connectivity index (χ3n) is 9.38. The van der Waals surface area contributed by atoms with Gasteiger partial charge in [-0.2, -0.15) is 0 Å². The molecule has 1 saturated carbocycles. The number of hydrogen-bond donors (Lipinski definition) is 2. The van der Waals surface area contributed by atoms with Gasteiger partial charge in [0, 0.05) is 37.6 Å². The molecular weight excluding hydrogens is 486 g/mol. The van der Waals surface area contributed by atoms with Crippen molar-refractivity contribution in [2.45, 2.75) is 82.0 Å². The van der Waals surface area contributed by atoms with Gasteiger partial charge in [-0.25, -0.2) is 13.6 Å². The van der Waals surface area contributed by atoms with Crippen molar-refractivity contribution < 1.29 is 18.3 Å². The van der Waals surface area contributed by atoms with Crippen molar-refractivity contribution in [3.63, 3.8) is 0 Å². The summed E-state index contributed by atoms with van der Waals surface area (Å²) in [6, 6.07) is 7.19. The molecule has 3 saturated heterocycles. The molecule has 5 rings (SSSR count). The van der Waals surface area contributed by atoms with Crippen LogP contribution >= 0.6 is 0 Å². The fourth-order valence-electron chi connectivity index (χ4n) is 7.50. The highest BCUT2D eigenvalue weighted by atomic mass is 19.1. The molecule has 38 heavy (non-hydrogen) atoms. The molecule has 1 unspecified atom stereocenters. The van der Waals surface area contributed by atoms with Crippen LogP contribution in [0.1, 0.15) is 64.9 Å². The van der Waals surface area contributed by atoms with E-state index >= 15 is 0 Å². The highest BCUT2D eigenvalue weighted by molar-refractivity contribution is 5.68. The van der Waals surface area contributed by atoms with Gasteiger partial charge in [0.2, 0.25) is 0 Å². The fraction of sp³-hybridized carbons (Fsp3) is 0.767. The van der Waals surface area contributed by atoms with Crippen molar-refractivity contribution >= 4 is 6.09 Å². The molecule has 1 aromatic carbocycles. The minimum atomic E-state index is -1.11. The van der Waals surface area contributed by atoms with Crippen molar-refractivity contribution in [1.82, 2.24) is 20.4 Å². The lowest BCUT2D eigenvalue weighted by molar-refractivity contribution is -0.00216. The number of carbonyl (C=O) groups excluding carboxylic acids is 1. The van der Waals surface area contributed by atoms with E-state index in [0.29, 0.717) is 25.6 Å². The SMILES string of the molecule is CC(C)(C)OC(=O)N[C@H]1CCC[C@@H]1C(CN1CCC1)(c1cccc(F)c1)C1CCN(CC2(F)CNC2)CC1. The average molecular weight is 533 g/mol. The minimum Gasteiger partial charge on any atom is -0.444 e. The third-order valence-corrected chi connectivity index (χ3v) is 9.38. The second kappa shape index (κ2) is 11.0. The first-order valence-corrected chi connectivity index (χ1v) is 14.7. The molecule has 2 N–H and O–H groups in total. The monoisotopic (exact) mass is 532 g/mol. The Morgan fingerprint density at radius 3 is 2.39 bits per heavy atom. The van der Waals surface area contributed by atoms with Gasteiger partial charge in [0.05, 0.1) is 0 Å². The zero-order valence-corrected chi connectivity index (χ0v) is 23.4. The van der Waals surface area contributed by atoms with Gasteiger partial charge in [-0.1, -0.05) is 18.6 Å². The van der Waals surface area contributed by atoms with Gasteiger partial charge in [0.25, 0.3) is 0 Å². The Bertz CT molecular complexity index is 969. The van der Waals surface area contributed by atoms with Crippen LogP contribution in [0.2, 0.25) is 0 Å². The standard InChI is InChI=1S/C30H46F2N4O2/c1-28(2,3)38-27(37)34-26-10-5-9-25(26)30(21-35-13-6-14-35,23-7-4-8-24(31)17-23)22-11-15-36(16-12-22)20-29(32)18-33-19-29/h4,7-8,17,22,25-26,33H,5-6,9-16,18-21H2,1-3H3,(H,34,37)/t25-,26-,30?/m0/s1. The first-order chi connectivity index (χ1) is 18.1. The van der Waals surface area contributed by atoms with Crippen LogP contribution in [-0.4, -0.2) is 85.6 Å². The van der Waals surface area contributed by atoms with Gasteiger partial charge in [-0.05, 0) is 109 Å². The maximum absolute atomic E-state index is 14.9. The van der Waals surface area contributed by atoms with Gasteiger partial charge in [0.1, 0.15) is 17.1 Å². The Balaban J connectivity index is 1.45. The zero-order chi connectivity index (χ0) is 27.0. The number of likely N-dealkylation sites (tertiary alicyclic amines) is 2. The third kappa shape index (κ3) is 6.02. The molecule has 0 aromatic heterocycles. The summed E-state index contributed by atoms with van der Waals surface area (Å²) < 4.78 is 35.4. The molecule has 6 nitrogen and oxygen atoms in total. The van der Waals surface area contributed by atoms with Crippen molar-refractivity contribution in [2.75, 3.05) is 52.4 Å². The van der Waals surface area contributed by atoms with Crippen LogP contribution in [0.15, 0.2) is 24.3 Å². The highest BCUT2D eigenvalue weighted by Crippen LogP contribution is 2.51. The number of halogens is 2. The number of piperidine rings is 1. The number of amides is 1. The lowest BCUT2D eigenvalue weighted by Crippen LogP contribution is -2.63. The van der Waals surface area contributed by atoms with E-state index in [-0.39, 0.29) is 29.3 Å². The molecule has 1 aromatic rings. The summed E-state index contributed by atoms with van der Waals surface area (Å²) in [5.41, 5.74) is -0.920. The highest BCUT2D eigenvalue weighted by Gasteiger charge is 2.53. The van der Waals surface area contributed by atoms with Crippen LogP contribution in [0.25, 0.3) is 0 Å². The summed E-state index contributed by atoms with van der Waals surface area (Å²) in [6.45, 7) is 11.7. The largest absolute Gasteiger partial charge is 0.444 e. The van der Waals surface area contributed by atoms with E-state index in [1.807, 2.05) is 26.8 Å². The van der Waals surface area contributed by atoms with E-state index in [4.69, 9.17) is 4.74 Å². The van der Waals surface area contributed by atoms with Gasteiger partial charge in [0.15, 0.2) is 0 Å². The average Bonchev–Trinajstić information content (AvgIpc) is 3.25. The molecule has 3 heterocycles. The lowest BCUT2D eigenvalue weighted by Gasteiger charge is -2.54. The smallest absolute Gasteiger partial charge is 0.407 e. The van der Waals surface area contributed by atoms with Crippen LogP contribution in [0, 0.1) is 17.7 Å². The first-order valence-electron chi connectivity index (χ1n) is 14.7. The maximum Gasteiger partial charge on any atom is 0.407 e. The number of carbonyl (C=O) groups is 1. The Morgan fingerprint density at radius 1 is 1.08 bits per heavy atom. The van der Waals surface area contributed by atoms with Crippen LogP contribution in [0.4, 0.5) is 13.6 Å². The normalized spacial score (nSPS) is 28.2. The van der Waals surface area contributed by atoms with Crippen LogP contribution in [0.5, 0.6) is 0 Å². The van der Waals surface area contributed by atoms with Gasteiger partial charge >= 0.3 is 6.09 Å². The number of hydrogen-bond acceptors (Lipinski definition) is 5. The topological polar surface area (TPSA) is 56.8 Å². The second-order valence-corrected chi connectivity index (χ2v) is 13.3. The predicted molar refractivity (Wildman–Crippen MR) is 146 cm³/mol. The molecule has 3 atom stereocenters. The quantitative estimate of drug-likeness (QED) is 0.517. The fourth-order valence-corrected chi connectivity index (χ4v) is 7.50. The van der Waals surface area contributed by atoms with Crippen molar-refractivity contribution in [2.24, 2.45) is 11.8 Å². The van der Waals surface area contributed by atoms with Crippen molar-refractivity contribution in [3.8, 4) is 0 Å². The minimum absolute atomic E-state index is 0.0254. The van der Waals surface area contributed by atoms with Crippen molar-refractivity contribution in [1.29, 1.82) is 0 Å². The molecule has 0 bridgehead atoms. The van der Waals surface area contributed by atoms with Crippen LogP contribution in [0.3, 0.4) is 0 Å². The van der Waals surface area contributed by atoms with Gasteiger partial charge in [-0.3, -0.25) is 0 Å². The summed E-state index contributed by atoms with van der Waals surface area (Å²) in [4.78, 5) is 17.7. The molecule has 3 aliphatic heterocycles. The summed E-state index contributed by atoms with van der Waals surface area (Å²) in [5.74, 6) is 0.291. The van der Waals surface area contributed by atoms with Crippen molar-refractivity contribution in [3.05, 3.63) is 35.6 Å². The number of ether oxygens (including phenoxy) is 1. The summed E-state index contributed by atoms with van der Waals surface area (Å²) in [7, 11) is 0. The number of benzene rings is 1. The summed E-state index contributed by atoms with van der Waals surface area (Å²) in [6.07, 6.45) is 5.63. The Kier molecular flexibility index (Phi) is 8.05. The Hall–Kier alpha value is -1.77. The summed E-state index contributed by atoms with van der Waals surface area (Å²) in [5, 5.41) is 6.31. The van der Waals surface area contributed by atoms with Crippen LogP contribution in [-0.2, 0) is 10.2 Å². The Labute approximate surface area is 226 Å². The van der Waals surface area contributed by atoms with Gasteiger partial charge in [-0.15, -0.1) is 0 Å². The van der Waals surface area contributed by atoms with E-state index < -0.39 is 11.3 Å². The second-order valence-electron chi connectivity index (χ2n) is 13.3. The molecule has 1 amide bonds. The van der Waals surface area contributed by atoms with Gasteiger partial charge < -0.3 is 25.2 Å². The number of nitrogens with one attached hydrogen (secondary N) is 2. The molecule has 4 aliphatic rings. The molecule has 4 fully saturated rings. The number of alkyl carbamates (subject to hydrolysis) is 1. The molecule has 8 heteroatoms. The predicted octanol–water partition coefficient (Wildman–Crippen LogP) is 4.49. The number of nitrogens with zero attached hydrogens (tertiary/aromatic N) is 2. The Morgan fingerprint density at radius 2 is 1.82 bits per heavy atom. The molecule has 0 radical (unpaired) electrons. The number of alkyl halides is 1. The molecule has 1 aliphatic carbocycles. The summed E-state index contributed by atoms with van der Waals surface area (Å²) >= 11 is 0. The van der Waals surface area contributed by atoms with Crippen LogP contribution < -0.4 is 10.6 Å². The molecular formula is C30H46F2N4O2. The van der Waals surface area contributed by atoms with E-state index in [9.17, 15) is 13.6 Å². The van der Waals surface area contributed by atoms with E-state index in [2.05, 4.69) is 26.5 Å². The maximum atomic E-state index is 14.9. The number of rotatable bonds is 8. The van der Waals surface area contributed by atoms with E-state index in [0.717, 1.165) is 70.4 Å². The first kappa shape index (κ1) is 27.8.